The standard InChI is InChI=1S/C19H28O2/c1-18-9-7-13(20)11-12(18)3-4-14-15-5-6-17(21)19(15,2)10-8-16(14)18/h3,13-16,20H,4-11H2,1-2H3/t13-,14+,15+,16-,18-,19-/m0/s1. The highest BCUT2D eigenvalue weighted by atomic mass is 16.3. The Hall–Kier alpha value is -0.630. The van der Waals surface area contributed by atoms with Crippen molar-refractivity contribution in [3.63, 3.8) is 0 Å². The number of carbonyl (C=O) groups excluding carboxylic acids is 1. The molecule has 0 spiro atoms. The molecule has 2 nitrogen and oxygen atoms in total. The summed E-state index contributed by atoms with van der Waals surface area (Å²) in [5.74, 6) is 2.60. The second kappa shape index (κ2) is 4.44. The summed E-state index contributed by atoms with van der Waals surface area (Å²) in [7, 11) is 0. The van der Waals surface area contributed by atoms with Crippen LogP contribution in [0.4, 0.5) is 0 Å². The minimum atomic E-state index is -0.122. The molecule has 3 saturated carbocycles. The fraction of sp³-hybridized carbons (Fsp3) is 0.842. The Bertz CT molecular complexity index is 508. The van der Waals surface area contributed by atoms with E-state index in [-0.39, 0.29) is 11.5 Å². The normalized spacial score (nSPS) is 52.7. The number of Topliss-reactive ketones (excluding diaryl/α,β-unsaturated/α-hetero) is 1. The summed E-state index contributed by atoms with van der Waals surface area (Å²) in [4.78, 5) is 12.4. The molecule has 0 unspecified atom stereocenters. The van der Waals surface area contributed by atoms with Gasteiger partial charge in [-0.15, -0.1) is 0 Å². The Labute approximate surface area is 128 Å². The molecule has 4 aliphatic carbocycles. The molecule has 6 atom stereocenters. The number of ketones is 1. The number of fused-ring (bicyclic) bond motifs is 5. The van der Waals surface area contributed by atoms with E-state index < -0.39 is 0 Å². The van der Waals surface area contributed by atoms with Gasteiger partial charge in [-0.2, -0.15) is 0 Å². The van der Waals surface area contributed by atoms with Crippen molar-refractivity contribution < 1.29 is 9.90 Å². The van der Waals surface area contributed by atoms with Gasteiger partial charge in [0, 0.05) is 11.8 Å². The van der Waals surface area contributed by atoms with Crippen LogP contribution in [0.5, 0.6) is 0 Å². The first kappa shape index (κ1) is 14.0. The Morgan fingerprint density at radius 1 is 1.10 bits per heavy atom. The number of aliphatic hydroxyl groups excluding tert-OH is 1. The molecule has 2 heteroatoms. The second-order valence-electron chi connectivity index (χ2n) is 8.57. The van der Waals surface area contributed by atoms with E-state index in [1.807, 2.05) is 0 Å². The summed E-state index contributed by atoms with van der Waals surface area (Å²) in [6.45, 7) is 4.69. The van der Waals surface area contributed by atoms with Crippen molar-refractivity contribution in [2.24, 2.45) is 28.6 Å². The SMILES string of the molecule is C[C@]12CC[C@H](O)CC1=CC[C@@H]1[C@H]3CCC(=O)[C@@]3(C)CC[C@@H]12. The highest BCUT2D eigenvalue weighted by molar-refractivity contribution is 5.87. The molecule has 4 aliphatic rings. The Kier molecular flexibility index (Phi) is 2.96. The van der Waals surface area contributed by atoms with Crippen LogP contribution in [0.3, 0.4) is 0 Å². The zero-order chi connectivity index (χ0) is 14.8. The minimum Gasteiger partial charge on any atom is -0.393 e. The summed E-state index contributed by atoms with van der Waals surface area (Å²) in [6.07, 6.45) is 10.7. The highest BCUT2D eigenvalue weighted by Crippen LogP contribution is 2.63. The number of rotatable bonds is 0. The molecule has 4 rings (SSSR count). The van der Waals surface area contributed by atoms with Crippen LogP contribution in [0.15, 0.2) is 11.6 Å². The van der Waals surface area contributed by atoms with E-state index in [1.165, 1.54) is 12.0 Å². The molecular weight excluding hydrogens is 260 g/mol. The third-order valence-corrected chi connectivity index (χ3v) is 7.79. The van der Waals surface area contributed by atoms with Crippen LogP contribution in [0, 0.1) is 28.6 Å². The fourth-order valence-corrected chi connectivity index (χ4v) is 6.41. The Morgan fingerprint density at radius 2 is 1.81 bits per heavy atom. The van der Waals surface area contributed by atoms with Crippen LogP contribution < -0.4 is 0 Å². The molecule has 116 valence electrons. The summed E-state index contributed by atoms with van der Waals surface area (Å²) >= 11 is 0. The molecule has 0 heterocycles. The quantitative estimate of drug-likeness (QED) is 0.687. The average molecular weight is 288 g/mol. The summed E-state index contributed by atoms with van der Waals surface area (Å²) < 4.78 is 0. The van der Waals surface area contributed by atoms with Crippen LogP contribution >= 0.6 is 0 Å². The molecule has 0 aromatic heterocycles. The van der Waals surface area contributed by atoms with Crippen LogP contribution in [0.2, 0.25) is 0 Å². The number of hydrogen-bond acceptors (Lipinski definition) is 2. The molecule has 0 bridgehead atoms. The summed E-state index contributed by atoms with van der Waals surface area (Å²) in [5, 5.41) is 10.00. The maximum Gasteiger partial charge on any atom is 0.139 e. The summed E-state index contributed by atoms with van der Waals surface area (Å²) in [5.41, 5.74) is 1.81. The smallest absolute Gasteiger partial charge is 0.139 e. The predicted molar refractivity (Wildman–Crippen MR) is 82.7 cm³/mol. The maximum atomic E-state index is 12.4. The molecule has 0 aromatic carbocycles. The van der Waals surface area contributed by atoms with E-state index in [4.69, 9.17) is 0 Å². The van der Waals surface area contributed by atoms with Gasteiger partial charge in [-0.05, 0) is 68.1 Å². The number of hydrogen-bond donors (Lipinski definition) is 1. The molecule has 21 heavy (non-hydrogen) atoms. The van der Waals surface area contributed by atoms with E-state index in [9.17, 15) is 9.90 Å². The Balaban J connectivity index is 1.69. The monoisotopic (exact) mass is 288 g/mol. The van der Waals surface area contributed by atoms with Crippen molar-refractivity contribution in [2.75, 3.05) is 0 Å². The Morgan fingerprint density at radius 3 is 2.62 bits per heavy atom. The van der Waals surface area contributed by atoms with Gasteiger partial charge in [0.2, 0.25) is 0 Å². The van der Waals surface area contributed by atoms with E-state index in [0.29, 0.717) is 23.0 Å². The van der Waals surface area contributed by atoms with Crippen LogP contribution in [-0.2, 0) is 4.79 Å². The zero-order valence-corrected chi connectivity index (χ0v) is 13.4. The predicted octanol–water partition coefficient (Wildman–Crippen LogP) is 3.88. The van der Waals surface area contributed by atoms with Gasteiger partial charge in [0.25, 0.3) is 0 Å². The largest absolute Gasteiger partial charge is 0.393 e. The van der Waals surface area contributed by atoms with Gasteiger partial charge < -0.3 is 5.11 Å². The van der Waals surface area contributed by atoms with E-state index >= 15 is 0 Å². The van der Waals surface area contributed by atoms with Gasteiger partial charge in [-0.3, -0.25) is 4.79 Å². The average Bonchev–Trinajstić information content (AvgIpc) is 2.76. The zero-order valence-electron chi connectivity index (χ0n) is 13.4. The molecular formula is C19H28O2. The lowest BCUT2D eigenvalue weighted by atomic mass is 9.48. The molecule has 1 N–H and O–H groups in total. The topological polar surface area (TPSA) is 37.3 Å². The third kappa shape index (κ3) is 1.78. The molecule has 0 radical (unpaired) electrons. The highest BCUT2D eigenvalue weighted by Gasteiger charge is 2.58. The summed E-state index contributed by atoms with van der Waals surface area (Å²) in [6, 6.07) is 0. The lowest BCUT2D eigenvalue weighted by Gasteiger charge is -2.56. The first-order chi connectivity index (χ1) is 9.95. The lowest BCUT2D eigenvalue weighted by Crippen LogP contribution is -2.50. The van der Waals surface area contributed by atoms with Crippen LogP contribution in [0.1, 0.15) is 65.2 Å². The van der Waals surface area contributed by atoms with Gasteiger partial charge in [0.1, 0.15) is 5.78 Å². The van der Waals surface area contributed by atoms with Crippen molar-refractivity contribution >= 4 is 5.78 Å². The minimum absolute atomic E-state index is 0.0168. The van der Waals surface area contributed by atoms with E-state index in [0.717, 1.165) is 50.9 Å². The molecule has 0 amide bonds. The first-order valence-corrected chi connectivity index (χ1v) is 8.86. The molecule has 3 fully saturated rings. The second-order valence-corrected chi connectivity index (χ2v) is 8.57. The van der Waals surface area contributed by atoms with Gasteiger partial charge in [0.15, 0.2) is 0 Å². The third-order valence-electron chi connectivity index (χ3n) is 7.79. The number of aliphatic hydroxyl groups is 1. The van der Waals surface area contributed by atoms with Gasteiger partial charge in [0.05, 0.1) is 6.10 Å². The van der Waals surface area contributed by atoms with Crippen molar-refractivity contribution in [2.45, 2.75) is 71.3 Å². The fourth-order valence-electron chi connectivity index (χ4n) is 6.41. The lowest BCUT2D eigenvalue weighted by molar-refractivity contribution is -0.132. The van der Waals surface area contributed by atoms with E-state index in [2.05, 4.69) is 19.9 Å². The van der Waals surface area contributed by atoms with Crippen LogP contribution in [-0.4, -0.2) is 17.0 Å². The van der Waals surface area contributed by atoms with Gasteiger partial charge >= 0.3 is 0 Å². The maximum absolute atomic E-state index is 12.4. The van der Waals surface area contributed by atoms with Crippen molar-refractivity contribution in [3.8, 4) is 0 Å². The number of allylic oxidation sites excluding steroid dienone is 1. The van der Waals surface area contributed by atoms with Gasteiger partial charge in [-0.1, -0.05) is 25.5 Å². The van der Waals surface area contributed by atoms with Crippen molar-refractivity contribution in [3.05, 3.63) is 11.6 Å². The van der Waals surface area contributed by atoms with Gasteiger partial charge in [-0.25, -0.2) is 0 Å². The molecule has 0 saturated heterocycles. The van der Waals surface area contributed by atoms with E-state index in [1.54, 1.807) is 0 Å². The van der Waals surface area contributed by atoms with Crippen LogP contribution in [0.25, 0.3) is 0 Å². The van der Waals surface area contributed by atoms with Crippen molar-refractivity contribution in [1.82, 2.24) is 0 Å². The molecule has 0 aromatic rings. The first-order valence-electron chi connectivity index (χ1n) is 8.86. The van der Waals surface area contributed by atoms with Crippen molar-refractivity contribution in [1.29, 1.82) is 0 Å². The molecule has 0 aliphatic heterocycles. The number of carbonyl (C=O) groups is 1.